The van der Waals surface area contributed by atoms with Crippen molar-refractivity contribution in [2.75, 3.05) is 0 Å². The summed E-state index contributed by atoms with van der Waals surface area (Å²) in [6.45, 7) is 1.56. The SMILES string of the molecule is Cc1nn(-c2ccc(Cl)cc2Cl)c(=O)n1C#N. The first-order chi connectivity index (χ1) is 8.04. The molecule has 7 heteroatoms. The monoisotopic (exact) mass is 268 g/mol. The van der Waals surface area contributed by atoms with Gasteiger partial charge in [-0.05, 0) is 25.1 Å². The minimum absolute atomic E-state index is 0.294. The van der Waals surface area contributed by atoms with Gasteiger partial charge in [0.25, 0.3) is 0 Å². The Balaban J connectivity index is 2.71. The molecule has 0 aliphatic rings. The minimum Gasteiger partial charge on any atom is -0.244 e. The molecule has 17 heavy (non-hydrogen) atoms. The Morgan fingerprint density at radius 1 is 1.41 bits per heavy atom. The summed E-state index contributed by atoms with van der Waals surface area (Å²) in [7, 11) is 0. The zero-order valence-corrected chi connectivity index (χ0v) is 10.2. The lowest BCUT2D eigenvalue weighted by Gasteiger charge is -2.02. The fourth-order valence-electron chi connectivity index (χ4n) is 1.39. The molecule has 1 heterocycles. The van der Waals surface area contributed by atoms with Gasteiger partial charge in [-0.2, -0.15) is 14.5 Å². The van der Waals surface area contributed by atoms with E-state index < -0.39 is 5.69 Å². The van der Waals surface area contributed by atoms with Gasteiger partial charge in [-0.1, -0.05) is 23.2 Å². The summed E-state index contributed by atoms with van der Waals surface area (Å²) in [5.74, 6) is 0.295. The van der Waals surface area contributed by atoms with Crippen LogP contribution in [-0.4, -0.2) is 14.3 Å². The molecule has 0 spiro atoms. The fourth-order valence-corrected chi connectivity index (χ4v) is 1.88. The van der Waals surface area contributed by atoms with Crippen molar-refractivity contribution >= 4 is 23.2 Å². The van der Waals surface area contributed by atoms with Gasteiger partial charge in [0.15, 0.2) is 6.19 Å². The van der Waals surface area contributed by atoms with Crippen LogP contribution in [0, 0.1) is 18.4 Å². The van der Waals surface area contributed by atoms with Gasteiger partial charge in [0.05, 0.1) is 10.7 Å². The van der Waals surface area contributed by atoms with E-state index in [9.17, 15) is 4.79 Å². The molecule has 0 aliphatic carbocycles. The third-order valence-corrected chi connectivity index (χ3v) is 2.72. The molecule has 0 unspecified atom stereocenters. The summed E-state index contributed by atoms with van der Waals surface area (Å²) in [6.07, 6.45) is 1.74. The zero-order chi connectivity index (χ0) is 12.6. The summed E-state index contributed by atoms with van der Waals surface area (Å²) in [6, 6.07) is 4.67. The average molecular weight is 269 g/mol. The van der Waals surface area contributed by atoms with Crippen molar-refractivity contribution < 1.29 is 0 Å². The predicted molar refractivity (Wildman–Crippen MR) is 63.6 cm³/mol. The molecule has 0 atom stereocenters. The van der Waals surface area contributed by atoms with E-state index in [4.69, 9.17) is 28.5 Å². The van der Waals surface area contributed by atoms with E-state index >= 15 is 0 Å². The fraction of sp³-hybridized carbons (Fsp3) is 0.100. The van der Waals surface area contributed by atoms with Crippen LogP contribution in [0.4, 0.5) is 0 Å². The smallest absolute Gasteiger partial charge is 0.244 e. The number of nitrogens with zero attached hydrogens (tertiary/aromatic N) is 4. The molecule has 0 N–H and O–H groups in total. The molecule has 5 nitrogen and oxygen atoms in total. The lowest BCUT2D eigenvalue weighted by molar-refractivity contribution is 0.828. The first kappa shape index (κ1) is 11.7. The Morgan fingerprint density at radius 3 is 2.65 bits per heavy atom. The summed E-state index contributed by atoms with van der Waals surface area (Å²) in [4.78, 5) is 11.8. The number of aromatic nitrogens is 3. The van der Waals surface area contributed by atoms with E-state index in [2.05, 4.69) is 5.10 Å². The lowest BCUT2D eigenvalue weighted by atomic mass is 10.3. The molecule has 0 aliphatic heterocycles. The number of rotatable bonds is 1. The highest BCUT2D eigenvalue weighted by molar-refractivity contribution is 6.35. The van der Waals surface area contributed by atoms with E-state index in [0.29, 0.717) is 21.6 Å². The molecule has 0 radical (unpaired) electrons. The topological polar surface area (TPSA) is 63.6 Å². The Bertz CT molecular complexity index is 681. The van der Waals surface area contributed by atoms with Gasteiger partial charge < -0.3 is 0 Å². The van der Waals surface area contributed by atoms with Gasteiger partial charge >= 0.3 is 5.69 Å². The summed E-state index contributed by atoms with van der Waals surface area (Å²) in [5, 5.41) is 13.5. The second kappa shape index (κ2) is 4.24. The van der Waals surface area contributed by atoms with Crippen LogP contribution in [0.3, 0.4) is 0 Å². The Morgan fingerprint density at radius 2 is 2.12 bits per heavy atom. The Labute approximate surface area is 106 Å². The van der Waals surface area contributed by atoms with Crippen LogP contribution in [-0.2, 0) is 0 Å². The third-order valence-electron chi connectivity index (χ3n) is 2.18. The van der Waals surface area contributed by atoms with Gasteiger partial charge in [0.1, 0.15) is 5.82 Å². The molecule has 2 aromatic rings. The molecular weight excluding hydrogens is 263 g/mol. The van der Waals surface area contributed by atoms with E-state index in [-0.39, 0.29) is 0 Å². The van der Waals surface area contributed by atoms with Gasteiger partial charge in [0.2, 0.25) is 0 Å². The van der Waals surface area contributed by atoms with E-state index in [1.165, 1.54) is 6.07 Å². The standard InChI is InChI=1S/C10H6Cl2N4O/c1-6-14-16(10(17)15(6)5-13)9-3-2-7(11)4-8(9)12/h2-4H,1H3. The Hall–Kier alpha value is -1.77. The number of aryl methyl sites for hydroxylation is 1. The largest absolute Gasteiger partial charge is 0.364 e. The average Bonchev–Trinajstić information content (AvgIpc) is 2.54. The molecule has 1 aromatic heterocycles. The molecule has 86 valence electrons. The van der Waals surface area contributed by atoms with Crippen LogP contribution in [0.15, 0.2) is 23.0 Å². The van der Waals surface area contributed by atoms with Gasteiger partial charge in [0, 0.05) is 5.02 Å². The molecule has 0 amide bonds. The maximum Gasteiger partial charge on any atom is 0.364 e. The third kappa shape index (κ3) is 1.93. The van der Waals surface area contributed by atoms with Crippen LogP contribution in [0.5, 0.6) is 0 Å². The summed E-state index contributed by atoms with van der Waals surface area (Å²) >= 11 is 11.7. The van der Waals surface area contributed by atoms with Gasteiger partial charge in [-0.15, -0.1) is 5.10 Å². The van der Waals surface area contributed by atoms with Crippen LogP contribution < -0.4 is 5.69 Å². The highest BCUT2D eigenvalue weighted by Gasteiger charge is 2.13. The number of hydrogen-bond donors (Lipinski definition) is 0. The lowest BCUT2D eigenvalue weighted by Crippen LogP contribution is -2.22. The quantitative estimate of drug-likeness (QED) is 0.795. The first-order valence-electron chi connectivity index (χ1n) is 4.59. The number of halogens is 2. The molecule has 0 fully saturated rings. The second-order valence-corrected chi connectivity index (χ2v) is 4.12. The summed E-state index contributed by atoms with van der Waals surface area (Å²) < 4.78 is 1.95. The summed E-state index contributed by atoms with van der Waals surface area (Å²) in [5.41, 5.74) is -0.174. The highest BCUT2D eigenvalue weighted by Crippen LogP contribution is 2.22. The van der Waals surface area contributed by atoms with Gasteiger partial charge in [-0.25, -0.2) is 4.79 Å². The van der Waals surface area contributed by atoms with Crippen molar-refractivity contribution in [3.8, 4) is 11.9 Å². The van der Waals surface area contributed by atoms with Crippen molar-refractivity contribution in [1.82, 2.24) is 14.3 Å². The van der Waals surface area contributed by atoms with Crippen molar-refractivity contribution in [1.29, 1.82) is 5.26 Å². The van der Waals surface area contributed by atoms with Crippen LogP contribution in [0.2, 0.25) is 10.0 Å². The first-order valence-corrected chi connectivity index (χ1v) is 5.34. The normalized spacial score (nSPS) is 10.2. The maximum absolute atomic E-state index is 11.8. The van der Waals surface area contributed by atoms with E-state index in [1.54, 1.807) is 25.2 Å². The molecule has 1 aromatic carbocycles. The predicted octanol–water partition coefficient (Wildman–Crippen LogP) is 1.98. The van der Waals surface area contributed by atoms with Crippen molar-refractivity contribution in [2.45, 2.75) is 6.92 Å². The zero-order valence-electron chi connectivity index (χ0n) is 8.69. The van der Waals surface area contributed by atoms with Crippen LogP contribution in [0.1, 0.15) is 5.82 Å². The number of benzene rings is 1. The van der Waals surface area contributed by atoms with E-state index in [1.807, 2.05) is 0 Å². The highest BCUT2D eigenvalue weighted by atomic mass is 35.5. The van der Waals surface area contributed by atoms with Crippen LogP contribution in [0.25, 0.3) is 5.69 Å². The molecule has 0 saturated carbocycles. The van der Waals surface area contributed by atoms with Crippen molar-refractivity contribution in [3.63, 3.8) is 0 Å². The maximum atomic E-state index is 11.8. The van der Waals surface area contributed by atoms with Crippen molar-refractivity contribution in [3.05, 3.63) is 44.6 Å². The number of hydrogen-bond acceptors (Lipinski definition) is 3. The number of nitriles is 1. The molecule has 2 rings (SSSR count). The molecule has 0 bridgehead atoms. The van der Waals surface area contributed by atoms with Crippen molar-refractivity contribution in [2.24, 2.45) is 0 Å². The Kier molecular flexibility index (Phi) is 2.92. The second-order valence-electron chi connectivity index (χ2n) is 3.27. The van der Waals surface area contributed by atoms with Gasteiger partial charge in [-0.3, -0.25) is 0 Å². The minimum atomic E-state index is -0.561. The van der Waals surface area contributed by atoms with E-state index in [0.717, 1.165) is 9.25 Å². The molecule has 0 saturated heterocycles. The van der Waals surface area contributed by atoms with Crippen LogP contribution >= 0.6 is 23.2 Å². The molecular formula is C10H6Cl2N4O.